The molecule has 0 amide bonds. The minimum Gasteiger partial charge on any atom is -0.406 e. The maximum absolute atomic E-state index is 10.7. The van der Waals surface area contributed by atoms with E-state index in [9.17, 15) is 5.11 Å². The Morgan fingerprint density at radius 1 is 0.875 bits per heavy atom. The number of β-amino-alcohol motifs (C(OH)–C–C–N with tert-alkyl or cyclic N) is 1. The first kappa shape index (κ1) is 27.3. The first-order chi connectivity index (χ1) is 15.6. The summed E-state index contributed by atoms with van der Waals surface area (Å²) in [5.41, 5.74) is 1.22. The Bertz CT molecular complexity index is 593. The molecule has 1 N–H and O–H groups in total. The molecule has 32 heavy (non-hydrogen) atoms. The first-order valence-corrected chi connectivity index (χ1v) is 16.0. The van der Waals surface area contributed by atoms with Crippen molar-refractivity contribution >= 4 is 8.32 Å². The van der Waals surface area contributed by atoms with Crippen molar-refractivity contribution in [3.8, 4) is 0 Å². The van der Waals surface area contributed by atoms with Crippen LogP contribution in [0.1, 0.15) is 90.2 Å². The third kappa shape index (κ3) is 9.90. The Morgan fingerprint density at radius 2 is 1.44 bits per heavy atom. The predicted molar refractivity (Wildman–Crippen MR) is 141 cm³/mol. The molecule has 1 saturated heterocycles. The lowest BCUT2D eigenvalue weighted by atomic mass is 10.1. The fourth-order valence-corrected chi connectivity index (χ4v) is 9.73. The molecule has 4 heteroatoms. The Hall–Kier alpha value is -0.943. The van der Waals surface area contributed by atoms with E-state index < -0.39 is 14.4 Å². The standard InChI is InChI=1S/C28H49NO2Si/c1-4-7-22-32(23-8-5-2,24-9-6-3)31-28(26-16-12-10-13-17-26)19-18-27(30)25-29-20-14-11-15-21-29/h10,12-13,16-19,27-28,30H,4-9,11,14-15,20-25H2,1-3H3/t27-,28+/m1/s1. The largest absolute Gasteiger partial charge is 0.406 e. The molecule has 1 aromatic carbocycles. The van der Waals surface area contributed by atoms with E-state index in [4.69, 9.17) is 4.43 Å². The molecular weight excluding hydrogens is 410 g/mol. The Labute approximate surface area is 199 Å². The van der Waals surface area contributed by atoms with E-state index in [1.165, 1.54) is 81.5 Å². The average molecular weight is 460 g/mol. The Balaban J connectivity index is 2.19. The molecule has 0 aromatic heterocycles. The number of piperidine rings is 1. The number of benzene rings is 1. The van der Waals surface area contributed by atoms with Crippen LogP contribution >= 0.6 is 0 Å². The van der Waals surface area contributed by atoms with Crippen LogP contribution in [0.5, 0.6) is 0 Å². The number of aliphatic hydroxyl groups is 1. The zero-order valence-corrected chi connectivity index (χ0v) is 22.1. The normalized spacial score (nSPS) is 17.6. The van der Waals surface area contributed by atoms with Gasteiger partial charge in [-0.3, -0.25) is 0 Å². The van der Waals surface area contributed by atoms with Crippen LogP contribution in [0.3, 0.4) is 0 Å². The molecule has 0 unspecified atom stereocenters. The average Bonchev–Trinajstić information content (AvgIpc) is 2.83. The zero-order valence-electron chi connectivity index (χ0n) is 21.1. The number of hydrogen-bond acceptors (Lipinski definition) is 3. The number of rotatable bonds is 16. The fraction of sp³-hybridized carbons (Fsp3) is 0.714. The number of unbranched alkanes of at least 4 members (excludes halogenated alkanes) is 3. The predicted octanol–water partition coefficient (Wildman–Crippen LogP) is 7.49. The van der Waals surface area contributed by atoms with Crippen LogP contribution in [0.25, 0.3) is 0 Å². The molecular formula is C28H49NO2Si. The van der Waals surface area contributed by atoms with Crippen molar-refractivity contribution in [1.29, 1.82) is 0 Å². The van der Waals surface area contributed by atoms with Gasteiger partial charge in [-0.05, 0) is 49.6 Å². The summed E-state index contributed by atoms with van der Waals surface area (Å²) in [6.07, 6.45) is 15.0. The molecule has 1 aromatic rings. The molecule has 2 atom stereocenters. The quantitative estimate of drug-likeness (QED) is 0.205. The molecule has 0 aliphatic carbocycles. The second-order valence-corrected chi connectivity index (χ2v) is 13.9. The van der Waals surface area contributed by atoms with E-state index in [0.717, 1.165) is 19.6 Å². The van der Waals surface area contributed by atoms with Gasteiger partial charge in [-0.2, -0.15) is 0 Å². The van der Waals surface area contributed by atoms with Crippen LogP contribution in [0.15, 0.2) is 42.5 Å². The van der Waals surface area contributed by atoms with Crippen LogP contribution in [0.4, 0.5) is 0 Å². The van der Waals surface area contributed by atoms with Gasteiger partial charge < -0.3 is 14.4 Å². The lowest BCUT2D eigenvalue weighted by Gasteiger charge is -2.35. The highest BCUT2D eigenvalue weighted by Gasteiger charge is 2.35. The minimum atomic E-state index is -1.86. The summed E-state index contributed by atoms with van der Waals surface area (Å²) in [5.74, 6) is 0. The van der Waals surface area contributed by atoms with Gasteiger partial charge in [0.15, 0.2) is 8.32 Å². The molecule has 3 nitrogen and oxygen atoms in total. The smallest absolute Gasteiger partial charge is 0.194 e. The molecule has 0 saturated carbocycles. The van der Waals surface area contributed by atoms with Crippen molar-refractivity contribution in [3.05, 3.63) is 48.0 Å². The summed E-state index contributed by atoms with van der Waals surface area (Å²) >= 11 is 0. The zero-order chi connectivity index (χ0) is 23.1. The molecule has 1 fully saturated rings. The van der Waals surface area contributed by atoms with Crippen LogP contribution in [0, 0.1) is 0 Å². The minimum absolute atomic E-state index is 0.0514. The Kier molecular flexibility index (Phi) is 13.5. The molecule has 2 rings (SSSR count). The van der Waals surface area contributed by atoms with E-state index in [2.05, 4.69) is 62.1 Å². The van der Waals surface area contributed by atoms with Crippen LogP contribution in [-0.2, 0) is 4.43 Å². The summed E-state index contributed by atoms with van der Waals surface area (Å²) in [7, 11) is -1.86. The monoisotopic (exact) mass is 459 g/mol. The van der Waals surface area contributed by atoms with Gasteiger partial charge in [-0.15, -0.1) is 0 Å². The van der Waals surface area contributed by atoms with Crippen LogP contribution in [0.2, 0.25) is 18.1 Å². The van der Waals surface area contributed by atoms with Gasteiger partial charge in [0, 0.05) is 6.54 Å². The third-order valence-corrected chi connectivity index (χ3v) is 11.4. The highest BCUT2D eigenvalue weighted by molar-refractivity contribution is 6.73. The first-order valence-electron chi connectivity index (χ1n) is 13.4. The van der Waals surface area contributed by atoms with Crippen LogP contribution < -0.4 is 0 Å². The number of aliphatic hydroxyl groups excluding tert-OH is 1. The van der Waals surface area contributed by atoms with Gasteiger partial charge in [-0.25, -0.2) is 0 Å². The lowest BCUT2D eigenvalue weighted by molar-refractivity contribution is 0.130. The summed E-state index contributed by atoms with van der Waals surface area (Å²) < 4.78 is 7.20. The van der Waals surface area contributed by atoms with Crippen molar-refractivity contribution < 1.29 is 9.53 Å². The van der Waals surface area contributed by atoms with E-state index in [1.54, 1.807) is 0 Å². The topological polar surface area (TPSA) is 32.7 Å². The fourth-order valence-electron chi connectivity index (χ4n) is 4.88. The van der Waals surface area contributed by atoms with Gasteiger partial charge >= 0.3 is 0 Å². The van der Waals surface area contributed by atoms with Gasteiger partial charge in [0.05, 0.1) is 12.2 Å². The molecule has 182 valence electrons. The van der Waals surface area contributed by atoms with Crippen molar-refractivity contribution in [2.24, 2.45) is 0 Å². The highest BCUT2D eigenvalue weighted by atomic mass is 28.4. The SMILES string of the molecule is CCCC[Si](CCCC)(CCCC)O[C@@H](C=C[C@@H](O)CN1CCCCC1)c1ccccc1. The second kappa shape index (κ2) is 15.8. The van der Waals surface area contributed by atoms with Gasteiger partial charge in [0.2, 0.25) is 0 Å². The van der Waals surface area contributed by atoms with E-state index in [1.807, 2.05) is 6.08 Å². The molecule has 0 spiro atoms. The highest BCUT2D eigenvalue weighted by Crippen LogP contribution is 2.35. The molecule has 1 aliphatic rings. The molecule has 0 bridgehead atoms. The molecule has 0 radical (unpaired) electrons. The lowest BCUT2D eigenvalue weighted by Crippen LogP contribution is -2.39. The summed E-state index contributed by atoms with van der Waals surface area (Å²) in [4.78, 5) is 2.40. The number of hydrogen-bond donors (Lipinski definition) is 1. The van der Waals surface area contributed by atoms with Crippen molar-refractivity contribution in [1.82, 2.24) is 4.90 Å². The Morgan fingerprint density at radius 3 is 1.97 bits per heavy atom. The van der Waals surface area contributed by atoms with Crippen molar-refractivity contribution in [3.63, 3.8) is 0 Å². The molecule has 1 heterocycles. The summed E-state index contributed by atoms with van der Waals surface area (Å²) in [6.45, 7) is 9.86. The third-order valence-electron chi connectivity index (χ3n) is 6.86. The maximum Gasteiger partial charge on any atom is 0.194 e. The molecule has 1 aliphatic heterocycles. The van der Waals surface area contributed by atoms with E-state index >= 15 is 0 Å². The van der Waals surface area contributed by atoms with Crippen molar-refractivity contribution in [2.45, 2.75) is 109 Å². The van der Waals surface area contributed by atoms with Crippen molar-refractivity contribution in [2.75, 3.05) is 19.6 Å². The van der Waals surface area contributed by atoms with E-state index in [0.29, 0.717) is 0 Å². The van der Waals surface area contributed by atoms with Gasteiger partial charge in [-0.1, -0.05) is 108 Å². The summed E-state index contributed by atoms with van der Waals surface area (Å²) in [6, 6.07) is 14.4. The van der Waals surface area contributed by atoms with E-state index in [-0.39, 0.29) is 6.10 Å². The number of likely N-dealkylation sites (tertiary alicyclic amines) is 1. The second-order valence-electron chi connectivity index (χ2n) is 9.76. The van der Waals surface area contributed by atoms with Crippen LogP contribution in [-0.4, -0.2) is 44.1 Å². The maximum atomic E-state index is 10.7. The number of nitrogens with zero attached hydrogens (tertiary/aromatic N) is 1. The van der Waals surface area contributed by atoms with Gasteiger partial charge in [0.25, 0.3) is 0 Å². The van der Waals surface area contributed by atoms with Gasteiger partial charge in [0.1, 0.15) is 0 Å². The summed E-state index contributed by atoms with van der Waals surface area (Å²) in [5, 5.41) is 10.7.